The fourth-order valence-corrected chi connectivity index (χ4v) is 3.70. The van der Waals surface area contributed by atoms with Crippen LogP contribution in [0.3, 0.4) is 0 Å². The van der Waals surface area contributed by atoms with Crippen LogP contribution >= 0.6 is 7.60 Å². The van der Waals surface area contributed by atoms with E-state index in [0.29, 0.717) is 19.5 Å². The minimum absolute atomic E-state index is 0.0776. The molecule has 0 saturated heterocycles. The maximum Gasteiger partial charge on any atom is 0.325 e. The van der Waals surface area contributed by atoms with Gasteiger partial charge in [-0.1, -0.05) is 62.9 Å². The first-order valence-corrected chi connectivity index (χ1v) is 11.7. The van der Waals surface area contributed by atoms with Crippen LogP contribution in [0.2, 0.25) is 0 Å². The summed E-state index contributed by atoms with van der Waals surface area (Å²) in [6.45, 7) is 4.21. The maximum atomic E-state index is 10.9. The summed E-state index contributed by atoms with van der Waals surface area (Å²) in [6.07, 6.45) is 6.49. The lowest BCUT2D eigenvalue weighted by atomic mass is 10.0. The minimum atomic E-state index is -3.90. The molecule has 3 N–H and O–H groups in total. The molecule has 0 bridgehead atoms. The summed E-state index contributed by atoms with van der Waals surface area (Å²) in [6, 6.07) is 12.3. The lowest BCUT2D eigenvalue weighted by Gasteiger charge is -2.13. The van der Waals surface area contributed by atoms with Crippen LogP contribution in [-0.2, 0) is 11.1 Å². The van der Waals surface area contributed by atoms with Crippen molar-refractivity contribution in [3.05, 3.63) is 42.0 Å². The molecule has 6 heteroatoms. The van der Waals surface area contributed by atoms with Gasteiger partial charge in [0.1, 0.15) is 5.75 Å². The third kappa shape index (κ3) is 8.02. The Morgan fingerprint density at radius 1 is 0.963 bits per heavy atom. The Morgan fingerprint density at radius 2 is 1.70 bits per heavy atom. The van der Waals surface area contributed by atoms with E-state index in [1.54, 1.807) is 0 Å². The highest BCUT2D eigenvalue weighted by Crippen LogP contribution is 2.34. The first-order chi connectivity index (χ1) is 13.0. The van der Waals surface area contributed by atoms with Crippen molar-refractivity contribution in [2.45, 2.75) is 52.0 Å². The topological polar surface area (TPSA) is 78.8 Å². The van der Waals surface area contributed by atoms with E-state index in [-0.39, 0.29) is 6.16 Å². The van der Waals surface area contributed by atoms with Crippen molar-refractivity contribution in [1.82, 2.24) is 5.32 Å². The average molecular weight is 393 g/mol. The Labute approximate surface area is 162 Å². The van der Waals surface area contributed by atoms with E-state index in [1.165, 1.54) is 25.7 Å². The molecule has 27 heavy (non-hydrogen) atoms. The predicted octanol–water partition coefficient (Wildman–Crippen LogP) is 4.85. The zero-order chi connectivity index (χ0) is 19.5. The van der Waals surface area contributed by atoms with E-state index in [4.69, 9.17) is 14.5 Å². The normalized spacial score (nSPS) is 11.8. The van der Waals surface area contributed by atoms with Gasteiger partial charge in [-0.25, -0.2) is 0 Å². The van der Waals surface area contributed by atoms with Gasteiger partial charge in [-0.15, -0.1) is 0 Å². The van der Waals surface area contributed by atoms with Gasteiger partial charge in [0.2, 0.25) is 0 Å². The van der Waals surface area contributed by atoms with Gasteiger partial charge in [-0.2, -0.15) is 0 Å². The Bertz CT molecular complexity index is 744. The molecule has 150 valence electrons. The van der Waals surface area contributed by atoms with Crippen molar-refractivity contribution in [2.75, 3.05) is 19.3 Å². The van der Waals surface area contributed by atoms with Gasteiger partial charge in [0.05, 0.1) is 12.8 Å². The first-order valence-electron chi connectivity index (χ1n) is 9.90. The third-order valence-corrected chi connectivity index (χ3v) is 5.50. The molecule has 0 unspecified atom stereocenters. The summed E-state index contributed by atoms with van der Waals surface area (Å²) in [5, 5.41) is 5.54. The van der Waals surface area contributed by atoms with Gasteiger partial charge >= 0.3 is 7.60 Å². The fourth-order valence-electron chi connectivity index (χ4n) is 3.13. The van der Waals surface area contributed by atoms with Crippen LogP contribution in [0.15, 0.2) is 36.4 Å². The molecule has 2 rings (SSSR count). The molecular weight excluding hydrogens is 361 g/mol. The fraction of sp³-hybridized carbons (Fsp3) is 0.524. The van der Waals surface area contributed by atoms with Gasteiger partial charge in [0.15, 0.2) is 0 Å². The molecule has 0 amide bonds. The van der Waals surface area contributed by atoms with Crippen molar-refractivity contribution in [3.63, 3.8) is 0 Å². The van der Waals surface area contributed by atoms with E-state index in [9.17, 15) is 4.57 Å². The van der Waals surface area contributed by atoms with E-state index < -0.39 is 7.60 Å². The van der Waals surface area contributed by atoms with Crippen molar-refractivity contribution >= 4 is 18.4 Å². The molecule has 5 nitrogen and oxygen atoms in total. The monoisotopic (exact) mass is 393 g/mol. The van der Waals surface area contributed by atoms with Crippen LogP contribution in [0.4, 0.5) is 0 Å². The van der Waals surface area contributed by atoms with Crippen LogP contribution in [0, 0.1) is 0 Å². The average Bonchev–Trinajstić information content (AvgIpc) is 2.64. The zero-order valence-electron chi connectivity index (χ0n) is 16.2. The van der Waals surface area contributed by atoms with Gasteiger partial charge in [0, 0.05) is 11.9 Å². The van der Waals surface area contributed by atoms with Crippen LogP contribution < -0.4 is 10.1 Å². The van der Waals surface area contributed by atoms with Crippen molar-refractivity contribution in [1.29, 1.82) is 0 Å². The summed E-state index contributed by atoms with van der Waals surface area (Å²) < 4.78 is 16.9. The van der Waals surface area contributed by atoms with E-state index >= 15 is 0 Å². The van der Waals surface area contributed by atoms with Gasteiger partial charge in [-0.05, 0) is 36.4 Å². The van der Waals surface area contributed by atoms with Crippen LogP contribution in [0.1, 0.15) is 51.0 Å². The number of hydrogen-bond acceptors (Lipinski definition) is 3. The van der Waals surface area contributed by atoms with E-state index in [0.717, 1.165) is 35.1 Å². The van der Waals surface area contributed by atoms with Crippen molar-refractivity contribution < 1.29 is 19.1 Å². The second-order valence-corrected chi connectivity index (χ2v) is 8.73. The minimum Gasteiger partial charge on any atom is -0.493 e. The van der Waals surface area contributed by atoms with Crippen LogP contribution in [0.25, 0.3) is 10.8 Å². The van der Waals surface area contributed by atoms with Crippen molar-refractivity contribution in [3.8, 4) is 5.75 Å². The molecular formula is C21H32NO4P. The SMILES string of the molecule is CCCCCCCOc1ccc(CNCCCP(=O)(O)O)c2ccccc12. The van der Waals surface area contributed by atoms with Gasteiger partial charge in [0.25, 0.3) is 0 Å². The molecule has 0 aromatic heterocycles. The van der Waals surface area contributed by atoms with Crippen LogP contribution in [-0.4, -0.2) is 29.1 Å². The molecule has 2 aromatic rings. The third-order valence-electron chi connectivity index (χ3n) is 4.60. The molecule has 0 spiro atoms. The number of unbranched alkanes of at least 4 members (excludes halogenated alkanes) is 4. The molecule has 2 aromatic carbocycles. The van der Waals surface area contributed by atoms with E-state index in [1.807, 2.05) is 18.2 Å². The Hall–Kier alpha value is -1.39. The first kappa shape index (κ1) is 21.9. The highest BCUT2D eigenvalue weighted by atomic mass is 31.2. The molecule has 0 radical (unpaired) electrons. The molecule has 0 saturated carbocycles. The smallest absolute Gasteiger partial charge is 0.325 e. The quantitative estimate of drug-likeness (QED) is 0.335. The summed E-state index contributed by atoms with van der Waals surface area (Å²) in [7, 11) is -3.90. The molecule has 0 heterocycles. The van der Waals surface area contributed by atoms with Gasteiger partial charge in [-0.3, -0.25) is 4.57 Å². The lowest BCUT2D eigenvalue weighted by molar-refractivity contribution is 0.308. The molecule has 0 aliphatic carbocycles. The number of nitrogens with one attached hydrogen (secondary N) is 1. The summed E-state index contributed by atoms with van der Waals surface area (Å²) >= 11 is 0. The summed E-state index contributed by atoms with van der Waals surface area (Å²) in [4.78, 5) is 17.8. The zero-order valence-corrected chi connectivity index (χ0v) is 17.1. The number of ether oxygens (including phenoxy) is 1. The Balaban J connectivity index is 1.90. The largest absolute Gasteiger partial charge is 0.493 e. The molecule has 0 aliphatic rings. The van der Waals surface area contributed by atoms with E-state index in [2.05, 4.69) is 30.4 Å². The highest BCUT2D eigenvalue weighted by molar-refractivity contribution is 7.51. The Kier molecular flexibility index (Phi) is 9.29. The second-order valence-electron chi connectivity index (χ2n) is 6.95. The molecule has 0 aliphatic heterocycles. The van der Waals surface area contributed by atoms with Gasteiger partial charge < -0.3 is 19.8 Å². The summed E-state index contributed by atoms with van der Waals surface area (Å²) in [5.74, 6) is 0.923. The number of rotatable bonds is 13. The Morgan fingerprint density at radius 3 is 2.44 bits per heavy atom. The predicted molar refractivity (Wildman–Crippen MR) is 111 cm³/mol. The summed E-state index contributed by atoms with van der Waals surface area (Å²) in [5.41, 5.74) is 1.16. The molecule has 0 atom stereocenters. The molecule has 0 fully saturated rings. The standard InChI is InChI=1S/C21H32NO4P/c1-2-3-4-5-8-15-26-21-13-12-18(19-10-6-7-11-20(19)21)17-22-14-9-16-27(23,24)25/h6-7,10-13,22H,2-5,8-9,14-17H2,1H3,(H2,23,24,25). The second kappa shape index (κ2) is 11.5. The number of benzene rings is 2. The number of fused-ring (bicyclic) bond motifs is 1. The maximum absolute atomic E-state index is 10.9. The van der Waals surface area contributed by atoms with Crippen molar-refractivity contribution in [2.24, 2.45) is 0 Å². The number of hydrogen-bond donors (Lipinski definition) is 3. The highest BCUT2D eigenvalue weighted by Gasteiger charge is 2.11. The lowest BCUT2D eigenvalue weighted by Crippen LogP contribution is -2.16. The van der Waals surface area contributed by atoms with Crippen LogP contribution in [0.5, 0.6) is 5.75 Å².